The molecule has 2 aliphatic rings. The van der Waals surface area contributed by atoms with Gasteiger partial charge in [0.1, 0.15) is 17.5 Å². The van der Waals surface area contributed by atoms with Crippen LogP contribution in [-0.2, 0) is 11.3 Å². The van der Waals surface area contributed by atoms with Crippen molar-refractivity contribution < 1.29 is 26.6 Å². The average molecular weight is 438 g/mol. The molecule has 9 nitrogen and oxygen atoms in total. The molecule has 3 heterocycles. The van der Waals surface area contributed by atoms with Gasteiger partial charge in [-0.25, -0.2) is 4.68 Å². The van der Waals surface area contributed by atoms with Crippen LogP contribution < -0.4 is 21.9 Å². The molecule has 10 heteroatoms. The molecule has 4 rings (SSSR count). The maximum Gasteiger partial charge on any atom is 0.173 e. The quantitative estimate of drug-likeness (QED) is 0.502. The topological polar surface area (TPSA) is 77.8 Å². The number of hydrogen-bond donors (Lipinski definition) is 0. The molecule has 2 fully saturated rings. The third kappa shape index (κ3) is 4.85. The Morgan fingerprint density at radius 2 is 1.97 bits per heavy atom. The minimum absolute atomic E-state index is 0. The van der Waals surface area contributed by atoms with Crippen molar-refractivity contribution in [3.05, 3.63) is 29.6 Å². The van der Waals surface area contributed by atoms with Crippen LogP contribution in [0, 0.1) is 0 Å². The third-order valence-electron chi connectivity index (χ3n) is 5.84. The van der Waals surface area contributed by atoms with Gasteiger partial charge >= 0.3 is 0 Å². The number of piperazine rings is 1. The van der Waals surface area contributed by atoms with Gasteiger partial charge in [-0.15, -0.1) is 5.10 Å². The van der Waals surface area contributed by atoms with E-state index in [0.717, 1.165) is 68.5 Å². The Morgan fingerprint density at radius 3 is 2.63 bits per heavy atom. The number of rotatable bonds is 7. The molecule has 0 amide bonds. The molecule has 0 saturated carbocycles. The summed E-state index contributed by atoms with van der Waals surface area (Å²) in [7, 11) is 5.53. The highest BCUT2D eigenvalue weighted by Crippen LogP contribution is 2.36. The molecule has 2 aromatic rings. The van der Waals surface area contributed by atoms with Crippen LogP contribution in [0.4, 0.5) is 0 Å². The Morgan fingerprint density at radius 1 is 1.17 bits per heavy atom. The molecule has 1 aromatic carbocycles. The fraction of sp³-hybridized carbons (Fsp3) is 0.650. The van der Waals surface area contributed by atoms with Gasteiger partial charge in [0.15, 0.2) is 5.82 Å². The van der Waals surface area contributed by atoms with Crippen LogP contribution in [0.1, 0.15) is 30.3 Å². The van der Waals surface area contributed by atoms with Crippen molar-refractivity contribution >= 4 is 0 Å². The molecular formula is C20H30ClN6O3-. The van der Waals surface area contributed by atoms with Gasteiger partial charge in [0.05, 0.1) is 26.9 Å². The second-order valence-electron chi connectivity index (χ2n) is 7.70. The van der Waals surface area contributed by atoms with E-state index in [1.165, 1.54) is 0 Å². The fourth-order valence-electron chi connectivity index (χ4n) is 4.15. The van der Waals surface area contributed by atoms with E-state index < -0.39 is 0 Å². The lowest BCUT2D eigenvalue weighted by molar-refractivity contribution is -0.00000845. The Bertz CT molecular complexity index is 806. The number of aromatic nitrogens is 4. The molecule has 1 aromatic heterocycles. The molecule has 2 aliphatic heterocycles. The number of hydrogen-bond acceptors (Lipinski definition) is 8. The molecule has 0 N–H and O–H groups in total. The minimum atomic E-state index is -0.120. The Labute approximate surface area is 183 Å². The smallest absolute Gasteiger partial charge is 0.173 e. The van der Waals surface area contributed by atoms with Crippen LogP contribution in [0.2, 0.25) is 0 Å². The molecule has 0 radical (unpaired) electrons. The van der Waals surface area contributed by atoms with Crippen molar-refractivity contribution in [2.24, 2.45) is 0 Å². The van der Waals surface area contributed by atoms with E-state index in [0.29, 0.717) is 6.54 Å². The van der Waals surface area contributed by atoms with Crippen molar-refractivity contribution in [1.29, 1.82) is 0 Å². The molecule has 2 atom stereocenters. The molecule has 30 heavy (non-hydrogen) atoms. The highest BCUT2D eigenvalue weighted by atomic mass is 35.5. The van der Waals surface area contributed by atoms with E-state index in [1.54, 1.807) is 14.2 Å². The summed E-state index contributed by atoms with van der Waals surface area (Å²) >= 11 is 0. The largest absolute Gasteiger partial charge is 1.00 e. The van der Waals surface area contributed by atoms with Gasteiger partial charge in [0.25, 0.3) is 0 Å². The van der Waals surface area contributed by atoms with Crippen LogP contribution in [0.15, 0.2) is 18.2 Å². The van der Waals surface area contributed by atoms with E-state index >= 15 is 0 Å². The van der Waals surface area contributed by atoms with Gasteiger partial charge in [0, 0.05) is 38.3 Å². The van der Waals surface area contributed by atoms with Crippen LogP contribution in [0.5, 0.6) is 11.5 Å². The average Bonchev–Trinajstić information content (AvgIpc) is 3.42. The fourth-order valence-corrected chi connectivity index (χ4v) is 4.15. The third-order valence-corrected chi connectivity index (χ3v) is 5.84. The van der Waals surface area contributed by atoms with Crippen molar-refractivity contribution in [3.8, 4) is 11.5 Å². The first-order valence-corrected chi connectivity index (χ1v) is 10.2. The maximum absolute atomic E-state index is 5.83. The predicted octanol–water partition coefficient (Wildman–Crippen LogP) is -1.79. The van der Waals surface area contributed by atoms with Gasteiger partial charge in [0.2, 0.25) is 0 Å². The number of halogens is 1. The first-order chi connectivity index (χ1) is 14.2. The summed E-state index contributed by atoms with van der Waals surface area (Å²) in [5, 5.41) is 12.8. The highest BCUT2D eigenvalue weighted by molar-refractivity contribution is 5.44. The summed E-state index contributed by atoms with van der Waals surface area (Å²) in [6.45, 7) is 5.32. The summed E-state index contributed by atoms with van der Waals surface area (Å²) in [6, 6.07) is 5.78. The van der Waals surface area contributed by atoms with Crippen molar-refractivity contribution in [2.75, 3.05) is 54.1 Å². The Balaban J connectivity index is 0.00000256. The molecule has 2 saturated heterocycles. The van der Waals surface area contributed by atoms with Gasteiger partial charge < -0.3 is 31.5 Å². The van der Waals surface area contributed by atoms with E-state index in [9.17, 15) is 0 Å². The zero-order valence-electron chi connectivity index (χ0n) is 17.8. The standard InChI is InChI=1S/C20H30N6O3.ClH/c1-24-8-10-25(11-9-24)19(17-13-15(27-2)6-7-18(17)28-3)20-21-22-23-26(20)14-16-5-4-12-29-16;/h6-7,13,16,19H,4-5,8-12,14H2,1-3H3;1H/p-1. The lowest BCUT2D eigenvalue weighted by Gasteiger charge is -2.38. The summed E-state index contributed by atoms with van der Waals surface area (Å²) in [6.07, 6.45) is 2.30. The summed E-state index contributed by atoms with van der Waals surface area (Å²) in [5.41, 5.74) is 1.01. The van der Waals surface area contributed by atoms with Crippen LogP contribution >= 0.6 is 0 Å². The number of ether oxygens (including phenoxy) is 3. The minimum Gasteiger partial charge on any atom is -1.00 e. The normalized spacial score (nSPS) is 21.2. The monoisotopic (exact) mass is 437 g/mol. The van der Waals surface area contributed by atoms with Crippen molar-refractivity contribution in [1.82, 2.24) is 30.0 Å². The van der Waals surface area contributed by atoms with E-state index in [4.69, 9.17) is 14.2 Å². The van der Waals surface area contributed by atoms with Crippen molar-refractivity contribution in [3.63, 3.8) is 0 Å². The van der Waals surface area contributed by atoms with E-state index in [-0.39, 0.29) is 24.6 Å². The number of likely N-dealkylation sites (N-methyl/N-ethyl adjacent to an activating group) is 1. The highest BCUT2D eigenvalue weighted by Gasteiger charge is 2.33. The van der Waals surface area contributed by atoms with E-state index in [1.807, 2.05) is 22.9 Å². The predicted molar refractivity (Wildman–Crippen MR) is 107 cm³/mol. The zero-order valence-corrected chi connectivity index (χ0v) is 18.6. The van der Waals surface area contributed by atoms with Gasteiger partial charge in [-0.2, -0.15) is 0 Å². The second kappa shape index (κ2) is 10.4. The molecule has 0 aliphatic carbocycles. The number of nitrogens with zero attached hydrogens (tertiary/aromatic N) is 6. The van der Waals surface area contributed by atoms with Gasteiger partial charge in [-0.05, 0) is 48.5 Å². The summed E-state index contributed by atoms with van der Waals surface area (Å²) < 4.78 is 18.9. The lowest BCUT2D eigenvalue weighted by Crippen LogP contribution is -3.00. The number of tetrazole rings is 1. The zero-order chi connectivity index (χ0) is 20.2. The van der Waals surface area contributed by atoms with Crippen LogP contribution in [0.3, 0.4) is 0 Å². The Hall–Kier alpha value is -1.94. The van der Waals surface area contributed by atoms with Crippen molar-refractivity contribution in [2.45, 2.75) is 31.5 Å². The number of methoxy groups -OCH3 is 2. The first-order valence-electron chi connectivity index (χ1n) is 10.2. The number of benzene rings is 1. The van der Waals surface area contributed by atoms with Crippen LogP contribution in [-0.4, -0.2) is 90.2 Å². The lowest BCUT2D eigenvalue weighted by atomic mass is 10.0. The summed E-state index contributed by atoms with van der Waals surface area (Å²) in [4.78, 5) is 4.76. The van der Waals surface area contributed by atoms with Gasteiger partial charge in [-0.1, -0.05) is 0 Å². The van der Waals surface area contributed by atoms with Crippen LogP contribution in [0.25, 0.3) is 0 Å². The molecular weight excluding hydrogens is 408 g/mol. The first kappa shape index (κ1) is 22.7. The Kier molecular flexibility index (Phi) is 7.87. The van der Waals surface area contributed by atoms with E-state index in [2.05, 4.69) is 32.4 Å². The second-order valence-corrected chi connectivity index (χ2v) is 7.70. The summed E-state index contributed by atoms with van der Waals surface area (Å²) in [5.74, 6) is 2.41. The van der Waals surface area contributed by atoms with Gasteiger partial charge in [-0.3, -0.25) is 4.90 Å². The SMILES string of the molecule is COc1ccc(OC)c(C(c2nnnn2CC2CCCO2)N2CCN(C)CC2)c1.[Cl-]. The molecule has 166 valence electrons. The maximum atomic E-state index is 5.83. The molecule has 0 bridgehead atoms. The molecule has 2 unspecified atom stereocenters. The molecule has 0 spiro atoms.